The van der Waals surface area contributed by atoms with E-state index in [0.29, 0.717) is 0 Å². The summed E-state index contributed by atoms with van der Waals surface area (Å²) in [6.07, 6.45) is 0. The standard InChI is InChI=1S/C16H19NS/c1-11-4-5-15(17)16(9-11)18-10-14-7-12(2)6-13(3)8-14/h4-9H,10,17H2,1-3H3. The molecule has 0 fully saturated rings. The number of nitrogen functional groups attached to an aromatic ring is 1. The molecule has 0 amide bonds. The molecule has 2 rings (SSSR count). The number of hydrogen-bond acceptors (Lipinski definition) is 2. The highest BCUT2D eigenvalue weighted by atomic mass is 32.2. The van der Waals surface area contributed by atoms with Gasteiger partial charge in [-0.1, -0.05) is 35.4 Å². The summed E-state index contributed by atoms with van der Waals surface area (Å²) in [5, 5.41) is 0. The van der Waals surface area contributed by atoms with Crippen LogP contribution in [0.25, 0.3) is 0 Å². The van der Waals surface area contributed by atoms with Crippen LogP contribution in [0, 0.1) is 20.8 Å². The Bertz CT molecular complexity index is 541. The van der Waals surface area contributed by atoms with Crippen LogP contribution in [-0.2, 0) is 5.75 Å². The van der Waals surface area contributed by atoms with Gasteiger partial charge in [-0.05, 0) is 44.0 Å². The molecule has 0 unspecified atom stereocenters. The van der Waals surface area contributed by atoms with Crippen molar-refractivity contribution in [3.8, 4) is 0 Å². The van der Waals surface area contributed by atoms with Gasteiger partial charge < -0.3 is 5.73 Å². The van der Waals surface area contributed by atoms with Gasteiger partial charge in [0.25, 0.3) is 0 Å². The first-order valence-corrected chi connectivity index (χ1v) is 7.09. The third-order valence-corrected chi connectivity index (χ3v) is 3.99. The van der Waals surface area contributed by atoms with Crippen molar-refractivity contribution in [2.75, 3.05) is 5.73 Å². The first kappa shape index (κ1) is 13.0. The maximum absolute atomic E-state index is 5.99. The zero-order valence-corrected chi connectivity index (χ0v) is 12.0. The number of rotatable bonds is 3. The molecule has 18 heavy (non-hydrogen) atoms. The molecule has 0 bridgehead atoms. The van der Waals surface area contributed by atoms with Crippen molar-refractivity contribution in [3.05, 3.63) is 58.7 Å². The number of hydrogen-bond donors (Lipinski definition) is 1. The fourth-order valence-corrected chi connectivity index (χ4v) is 3.07. The Hall–Kier alpha value is -1.41. The van der Waals surface area contributed by atoms with Gasteiger partial charge in [-0.15, -0.1) is 11.8 Å². The van der Waals surface area contributed by atoms with E-state index >= 15 is 0 Å². The molecule has 2 heteroatoms. The van der Waals surface area contributed by atoms with Crippen molar-refractivity contribution >= 4 is 17.4 Å². The third-order valence-electron chi connectivity index (χ3n) is 2.84. The summed E-state index contributed by atoms with van der Waals surface area (Å²) in [7, 11) is 0. The van der Waals surface area contributed by atoms with Crippen LogP contribution in [0.5, 0.6) is 0 Å². The molecule has 94 valence electrons. The van der Waals surface area contributed by atoms with E-state index in [1.807, 2.05) is 6.07 Å². The molecule has 0 aliphatic heterocycles. The molecule has 2 N–H and O–H groups in total. The van der Waals surface area contributed by atoms with Gasteiger partial charge in [0.1, 0.15) is 0 Å². The van der Waals surface area contributed by atoms with Crippen molar-refractivity contribution in [2.45, 2.75) is 31.4 Å². The normalized spacial score (nSPS) is 10.6. The van der Waals surface area contributed by atoms with E-state index in [1.54, 1.807) is 11.8 Å². The molecule has 2 aromatic rings. The van der Waals surface area contributed by atoms with Crippen LogP contribution in [0.2, 0.25) is 0 Å². The molecule has 0 saturated heterocycles. The quantitative estimate of drug-likeness (QED) is 0.648. The fraction of sp³-hybridized carbons (Fsp3) is 0.250. The summed E-state index contributed by atoms with van der Waals surface area (Å²) in [6.45, 7) is 6.38. The monoisotopic (exact) mass is 257 g/mol. The van der Waals surface area contributed by atoms with Gasteiger partial charge >= 0.3 is 0 Å². The summed E-state index contributed by atoms with van der Waals surface area (Å²) < 4.78 is 0. The zero-order valence-electron chi connectivity index (χ0n) is 11.2. The molecule has 0 aromatic heterocycles. The number of anilines is 1. The number of benzene rings is 2. The molecule has 1 nitrogen and oxygen atoms in total. The van der Waals surface area contributed by atoms with Crippen LogP contribution in [-0.4, -0.2) is 0 Å². The average Bonchev–Trinajstić information content (AvgIpc) is 2.29. The van der Waals surface area contributed by atoms with Crippen molar-refractivity contribution in [2.24, 2.45) is 0 Å². The minimum Gasteiger partial charge on any atom is -0.398 e. The van der Waals surface area contributed by atoms with Gasteiger partial charge in [0, 0.05) is 16.3 Å². The van der Waals surface area contributed by atoms with Crippen molar-refractivity contribution in [1.82, 2.24) is 0 Å². The van der Waals surface area contributed by atoms with Gasteiger partial charge in [-0.2, -0.15) is 0 Å². The molecule has 0 heterocycles. The Morgan fingerprint density at radius 2 is 1.56 bits per heavy atom. The Morgan fingerprint density at radius 1 is 0.889 bits per heavy atom. The van der Waals surface area contributed by atoms with E-state index in [9.17, 15) is 0 Å². The molecule has 0 saturated carbocycles. The molecular formula is C16H19NS. The lowest BCUT2D eigenvalue weighted by Gasteiger charge is -2.08. The molecule has 0 aliphatic carbocycles. The second-order valence-electron chi connectivity index (χ2n) is 4.83. The lowest BCUT2D eigenvalue weighted by molar-refractivity contribution is 1.29. The summed E-state index contributed by atoms with van der Waals surface area (Å²) >= 11 is 1.81. The van der Waals surface area contributed by atoms with Gasteiger partial charge in [0.05, 0.1) is 0 Å². The summed E-state index contributed by atoms with van der Waals surface area (Å²) in [5.41, 5.74) is 12.1. The second kappa shape index (κ2) is 5.49. The zero-order chi connectivity index (χ0) is 13.1. The van der Waals surface area contributed by atoms with Crippen molar-refractivity contribution in [3.63, 3.8) is 0 Å². The number of thioether (sulfide) groups is 1. The van der Waals surface area contributed by atoms with E-state index in [4.69, 9.17) is 5.73 Å². The summed E-state index contributed by atoms with van der Waals surface area (Å²) in [4.78, 5) is 1.18. The molecule has 0 aliphatic rings. The van der Waals surface area contributed by atoms with Crippen LogP contribution in [0.1, 0.15) is 22.3 Å². The highest BCUT2D eigenvalue weighted by molar-refractivity contribution is 7.98. The smallest absolute Gasteiger partial charge is 0.0452 e. The Morgan fingerprint density at radius 3 is 2.22 bits per heavy atom. The minimum atomic E-state index is 0.870. The van der Waals surface area contributed by atoms with Gasteiger partial charge in [0.15, 0.2) is 0 Å². The van der Waals surface area contributed by atoms with Gasteiger partial charge in [0.2, 0.25) is 0 Å². The number of nitrogens with two attached hydrogens (primary N) is 1. The second-order valence-corrected chi connectivity index (χ2v) is 5.84. The van der Waals surface area contributed by atoms with E-state index < -0.39 is 0 Å². The molecule has 0 radical (unpaired) electrons. The average molecular weight is 257 g/mol. The van der Waals surface area contributed by atoms with E-state index in [1.165, 1.54) is 27.1 Å². The van der Waals surface area contributed by atoms with E-state index in [0.717, 1.165) is 11.4 Å². The van der Waals surface area contributed by atoms with E-state index in [-0.39, 0.29) is 0 Å². The van der Waals surface area contributed by atoms with Crippen LogP contribution in [0.15, 0.2) is 41.3 Å². The SMILES string of the molecule is Cc1cc(C)cc(CSc2cc(C)ccc2N)c1. The van der Waals surface area contributed by atoms with Crippen LogP contribution >= 0.6 is 11.8 Å². The molecular weight excluding hydrogens is 238 g/mol. The topological polar surface area (TPSA) is 26.0 Å². The lowest BCUT2D eigenvalue weighted by atomic mass is 10.1. The minimum absolute atomic E-state index is 0.870. The third kappa shape index (κ3) is 3.30. The molecule has 0 atom stereocenters. The summed E-state index contributed by atoms with van der Waals surface area (Å²) in [5.74, 6) is 0.968. The maximum Gasteiger partial charge on any atom is 0.0452 e. The van der Waals surface area contributed by atoms with Crippen LogP contribution in [0.4, 0.5) is 5.69 Å². The maximum atomic E-state index is 5.99. The lowest BCUT2D eigenvalue weighted by Crippen LogP contribution is -1.90. The van der Waals surface area contributed by atoms with E-state index in [2.05, 4.69) is 51.1 Å². The summed E-state index contributed by atoms with van der Waals surface area (Å²) in [6, 6.07) is 12.9. The highest BCUT2D eigenvalue weighted by Crippen LogP contribution is 2.29. The molecule has 0 spiro atoms. The van der Waals surface area contributed by atoms with Crippen molar-refractivity contribution < 1.29 is 0 Å². The first-order valence-electron chi connectivity index (χ1n) is 6.11. The first-order chi connectivity index (χ1) is 8.54. The number of aryl methyl sites for hydroxylation is 3. The van der Waals surface area contributed by atoms with Crippen LogP contribution in [0.3, 0.4) is 0 Å². The van der Waals surface area contributed by atoms with Gasteiger partial charge in [-0.25, -0.2) is 0 Å². The van der Waals surface area contributed by atoms with Gasteiger partial charge in [-0.3, -0.25) is 0 Å². The van der Waals surface area contributed by atoms with Crippen molar-refractivity contribution in [1.29, 1.82) is 0 Å². The predicted octanol–water partition coefficient (Wildman–Crippen LogP) is 4.49. The highest BCUT2D eigenvalue weighted by Gasteiger charge is 2.02. The molecule has 2 aromatic carbocycles. The predicted molar refractivity (Wildman–Crippen MR) is 81.1 cm³/mol. The Labute approximate surface area is 113 Å². The largest absolute Gasteiger partial charge is 0.398 e. The Kier molecular flexibility index (Phi) is 3.97. The Balaban J connectivity index is 2.13. The van der Waals surface area contributed by atoms with Crippen LogP contribution < -0.4 is 5.73 Å². The fourth-order valence-electron chi connectivity index (χ4n) is 2.08.